The lowest BCUT2D eigenvalue weighted by molar-refractivity contribution is 1.39. The molecule has 0 radical (unpaired) electrons. The molecule has 0 amide bonds. The summed E-state index contributed by atoms with van der Waals surface area (Å²) in [6.07, 6.45) is 11.7. The lowest BCUT2D eigenvalue weighted by atomic mass is 10.2. The minimum atomic E-state index is 0.753. The van der Waals surface area contributed by atoms with Crippen LogP contribution in [0.5, 0.6) is 0 Å². The number of hydrogen-bond acceptors (Lipinski definition) is 1. The topological polar surface area (TPSA) is 24.7 Å². The first-order chi connectivity index (χ1) is 6.79. The standard InChI is InChI=1S/C12H18N2/c1-5-8-10-11(9-6-2)12(13-4)14-7-3/h5-10H,1-4H3/b8-5-,9-6-,11-10+,13-12+,14-7-. The fraction of sp³-hybridized carbons (Fsp3) is 0.333. The second kappa shape index (κ2) is 8.17. The van der Waals surface area contributed by atoms with Crippen LogP contribution in [0.4, 0.5) is 0 Å². The Balaban J connectivity index is 4.98. The number of nitrogens with zero attached hydrogens (tertiary/aromatic N) is 2. The van der Waals surface area contributed by atoms with Crippen molar-refractivity contribution in [2.75, 3.05) is 7.05 Å². The van der Waals surface area contributed by atoms with E-state index in [1.54, 1.807) is 13.3 Å². The van der Waals surface area contributed by atoms with Gasteiger partial charge in [0.1, 0.15) is 0 Å². The van der Waals surface area contributed by atoms with E-state index in [1.165, 1.54) is 0 Å². The van der Waals surface area contributed by atoms with Crippen LogP contribution in [-0.4, -0.2) is 19.1 Å². The fourth-order valence-electron chi connectivity index (χ4n) is 0.968. The average Bonchev–Trinajstić information content (AvgIpc) is 2.21. The summed E-state index contributed by atoms with van der Waals surface area (Å²) in [6.45, 7) is 5.84. The van der Waals surface area contributed by atoms with Crippen molar-refractivity contribution in [2.24, 2.45) is 9.98 Å². The summed E-state index contributed by atoms with van der Waals surface area (Å²) in [4.78, 5) is 8.30. The molecular formula is C12H18N2. The van der Waals surface area contributed by atoms with Crippen LogP contribution < -0.4 is 0 Å². The van der Waals surface area contributed by atoms with Crippen LogP contribution in [0.15, 0.2) is 45.9 Å². The highest BCUT2D eigenvalue weighted by Gasteiger charge is 1.97. The molecule has 0 aliphatic heterocycles. The van der Waals surface area contributed by atoms with Crippen molar-refractivity contribution in [2.45, 2.75) is 20.8 Å². The molecule has 2 heteroatoms. The third kappa shape index (κ3) is 4.55. The Labute approximate surface area is 86.5 Å². The molecule has 14 heavy (non-hydrogen) atoms. The Morgan fingerprint density at radius 3 is 2.21 bits per heavy atom. The van der Waals surface area contributed by atoms with Crippen LogP contribution in [0.2, 0.25) is 0 Å². The summed E-state index contributed by atoms with van der Waals surface area (Å²) < 4.78 is 0. The van der Waals surface area contributed by atoms with Gasteiger partial charge in [0, 0.05) is 18.8 Å². The number of amidine groups is 1. The van der Waals surface area contributed by atoms with Crippen molar-refractivity contribution < 1.29 is 0 Å². The van der Waals surface area contributed by atoms with Crippen LogP contribution in [0.1, 0.15) is 20.8 Å². The number of allylic oxidation sites excluding steroid dienone is 4. The van der Waals surface area contributed by atoms with Gasteiger partial charge >= 0.3 is 0 Å². The van der Waals surface area contributed by atoms with Gasteiger partial charge in [-0.1, -0.05) is 30.4 Å². The van der Waals surface area contributed by atoms with Crippen LogP contribution in [0.25, 0.3) is 0 Å². The third-order valence-corrected chi connectivity index (χ3v) is 1.54. The zero-order valence-corrected chi connectivity index (χ0v) is 9.36. The lowest BCUT2D eigenvalue weighted by Gasteiger charge is -1.99. The molecule has 0 aromatic rings. The molecule has 0 aliphatic rings. The fourth-order valence-corrected chi connectivity index (χ4v) is 0.968. The Kier molecular flexibility index (Phi) is 7.33. The highest BCUT2D eigenvalue weighted by atomic mass is 14.9. The monoisotopic (exact) mass is 190 g/mol. The Bertz CT molecular complexity index is 291. The van der Waals surface area contributed by atoms with E-state index in [1.807, 2.05) is 51.2 Å². The smallest absolute Gasteiger partial charge is 0.153 e. The number of rotatable bonds is 3. The maximum Gasteiger partial charge on any atom is 0.153 e. The van der Waals surface area contributed by atoms with Crippen LogP contribution in [0, 0.1) is 0 Å². The van der Waals surface area contributed by atoms with Gasteiger partial charge in [-0.05, 0) is 20.8 Å². The van der Waals surface area contributed by atoms with Gasteiger partial charge in [-0.3, -0.25) is 4.99 Å². The molecule has 0 heterocycles. The van der Waals surface area contributed by atoms with E-state index < -0.39 is 0 Å². The van der Waals surface area contributed by atoms with E-state index in [-0.39, 0.29) is 0 Å². The summed E-state index contributed by atoms with van der Waals surface area (Å²) >= 11 is 0. The molecule has 0 fully saturated rings. The zero-order chi connectivity index (χ0) is 10.8. The minimum Gasteiger partial charge on any atom is -0.270 e. The largest absolute Gasteiger partial charge is 0.270 e. The molecule has 0 aromatic heterocycles. The highest BCUT2D eigenvalue weighted by molar-refractivity contribution is 6.04. The summed E-state index contributed by atoms with van der Waals surface area (Å²) in [5, 5.41) is 0. The van der Waals surface area contributed by atoms with Crippen LogP contribution in [0.3, 0.4) is 0 Å². The van der Waals surface area contributed by atoms with Gasteiger partial charge in [0.15, 0.2) is 5.84 Å². The van der Waals surface area contributed by atoms with Gasteiger partial charge in [0.2, 0.25) is 0 Å². The first-order valence-corrected chi connectivity index (χ1v) is 4.71. The molecular weight excluding hydrogens is 172 g/mol. The van der Waals surface area contributed by atoms with E-state index in [9.17, 15) is 0 Å². The number of hydrogen-bond donors (Lipinski definition) is 0. The van der Waals surface area contributed by atoms with Crippen LogP contribution >= 0.6 is 0 Å². The zero-order valence-electron chi connectivity index (χ0n) is 9.36. The maximum absolute atomic E-state index is 4.19. The maximum atomic E-state index is 4.19. The van der Waals surface area contributed by atoms with Crippen molar-refractivity contribution in [3.8, 4) is 0 Å². The van der Waals surface area contributed by atoms with E-state index >= 15 is 0 Å². The minimum absolute atomic E-state index is 0.753. The molecule has 2 nitrogen and oxygen atoms in total. The average molecular weight is 190 g/mol. The first kappa shape index (κ1) is 12.6. The molecule has 0 aromatic carbocycles. The van der Waals surface area contributed by atoms with Crippen molar-refractivity contribution in [3.05, 3.63) is 36.0 Å². The first-order valence-electron chi connectivity index (χ1n) is 4.71. The van der Waals surface area contributed by atoms with E-state index in [0.29, 0.717) is 0 Å². The second-order valence-electron chi connectivity index (χ2n) is 2.58. The van der Waals surface area contributed by atoms with E-state index in [0.717, 1.165) is 11.4 Å². The van der Waals surface area contributed by atoms with Crippen molar-refractivity contribution in [1.29, 1.82) is 0 Å². The van der Waals surface area contributed by atoms with Gasteiger partial charge < -0.3 is 0 Å². The lowest BCUT2D eigenvalue weighted by Crippen LogP contribution is -1.97. The molecule has 0 spiro atoms. The van der Waals surface area contributed by atoms with Crippen molar-refractivity contribution in [3.63, 3.8) is 0 Å². The third-order valence-electron chi connectivity index (χ3n) is 1.54. The summed E-state index contributed by atoms with van der Waals surface area (Å²) in [7, 11) is 1.75. The predicted octanol–water partition coefficient (Wildman–Crippen LogP) is 3.18. The highest BCUT2D eigenvalue weighted by Crippen LogP contribution is 2.03. The molecule has 0 atom stereocenters. The van der Waals surface area contributed by atoms with Gasteiger partial charge in [0.25, 0.3) is 0 Å². The SMILES string of the molecule is C\C=C/C=C(\C=C/C)C(/N=C\C)=N\C. The molecule has 76 valence electrons. The van der Waals surface area contributed by atoms with E-state index in [2.05, 4.69) is 9.98 Å². The Morgan fingerprint density at radius 1 is 1.07 bits per heavy atom. The van der Waals surface area contributed by atoms with Gasteiger partial charge in [0.05, 0.1) is 0 Å². The van der Waals surface area contributed by atoms with Crippen LogP contribution in [-0.2, 0) is 0 Å². The van der Waals surface area contributed by atoms with E-state index in [4.69, 9.17) is 0 Å². The normalized spacial score (nSPS) is 15.1. The van der Waals surface area contributed by atoms with Gasteiger partial charge in [-0.2, -0.15) is 0 Å². The number of aliphatic imine (C=N–C) groups is 2. The molecule has 0 rings (SSSR count). The van der Waals surface area contributed by atoms with Gasteiger partial charge in [-0.15, -0.1) is 0 Å². The quantitative estimate of drug-likeness (QED) is 0.371. The van der Waals surface area contributed by atoms with Crippen molar-refractivity contribution >= 4 is 12.1 Å². The summed E-state index contributed by atoms with van der Waals surface area (Å²) in [6, 6.07) is 0. The molecule has 0 bridgehead atoms. The Morgan fingerprint density at radius 2 is 1.79 bits per heavy atom. The molecule has 0 N–H and O–H groups in total. The predicted molar refractivity (Wildman–Crippen MR) is 65.2 cm³/mol. The second-order valence-corrected chi connectivity index (χ2v) is 2.58. The molecule has 0 unspecified atom stereocenters. The molecule has 0 saturated heterocycles. The van der Waals surface area contributed by atoms with Crippen molar-refractivity contribution in [1.82, 2.24) is 0 Å². The Hall–Kier alpha value is -1.44. The summed E-state index contributed by atoms with van der Waals surface area (Å²) in [5.74, 6) is 0.753. The molecule has 0 saturated carbocycles. The van der Waals surface area contributed by atoms with Gasteiger partial charge in [-0.25, -0.2) is 4.99 Å². The summed E-state index contributed by atoms with van der Waals surface area (Å²) in [5.41, 5.74) is 1.02. The molecule has 0 aliphatic carbocycles.